The Hall–Kier alpha value is -2.09. The first kappa shape index (κ1) is 19.0. The van der Waals surface area contributed by atoms with Gasteiger partial charge in [-0.05, 0) is 18.6 Å². The molecule has 0 saturated heterocycles. The maximum absolute atomic E-state index is 13.0. The number of halogens is 3. The average molecular weight is 333 g/mol. The number of methoxy groups -OCH3 is 1. The molecular weight excluding hydrogens is 315 g/mol. The van der Waals surface area contributed by atoms with E-state index in [9.17, 15) is 22.8 Å². The van der Waals surface area contributed by atoms with Crippen LogP contribution in [0.25, 0.3) is 0 Å². The van der Waals surface area contributed by atoms with Crippen molar-refractivity contribution >= 4 is 11.9 Å². The van der Waals surface area contributed by atoms with E-state index in [1.807, 2.05) is 0 Å². The number of hydrogen-bond donors (Lipinski definition) is 1. The van der Waals surface area contributed by atoms with E-state index in [0.29, 0.717) is 6.61 Å². The summed E-state index contributed by atoms with van der Waals surface area (Å²) in [5.41, 5.74) is -0.958. The molecule has 1 rings (SSSR count). The van der Waals surface area contributed by atoms with E-state index < -0.39 is 29.7 Å². The smallest absolute Gasteiger partial charge is 0.416 e. The molecule has 0 fully saturated rings. The Morgan fingerprint density at radius 1 is 1.26 bits per heavy atom. The van der Waals surface area contributed by atoms with Gasteiger partial charge < -0.3 is 14.8 Å². The minimum absolute atomic E-state index is 0.105. The average Bonchev–Trinajstić information content (AvgIpc) is 2.51. The van der Waals surface area contributed by atoms with Crippen molar-refractivity contribution in [1.82, 2.24) is 5.32 Å². The van der Waals surface area contributed by atoms with Crippen molar-refractivity contribution in [3.63, 3.8) is 0 Å². The highest BCUT2D eigenvalue weighted by atomic mass is 19.4. The Labute approximate surface area is 131 Å². The van der Waals surface area contributed by atoms with Gasteiger partial charge in [-0.1, -0.05) is 18.2 Å². The van der Waals surface area contributed by atoms with Gasteiger partial charge in [0, 0.05) is 13.0 Å². The number of carbonyl (C=O) groups excluding carboxylic acids is 2. The summed E-state index contributed by atoms with van der Waals surface area (Å²) in [6.45, 7) is 1.70. The summed E-state index contributed by atoms with van der Waals surface area (Å²) < 4.78 is 48.4. The van der Waals surface area contributed by atoms with Crippen LogP contribution in [0.5, 0.6) is 0 Å². The lowest BCUT2D eigenvalue weighted by atomic mass is 9.99. The molecule has 0 radical (unpaired) electrons. The zero-order valence-electron chi connectivity index (χ0n) is 12.8. The first-order chi connectivity index (χ1) is 10.8. The summed E-state index contributed by atoms with van der Waals surface area (Å²) in [4.78, 5) is 23.4. The maximum atomic E-state index is 13.0. The standard InChI is InChI=1S/C15H18F3NO4/c1-3-23-9-13(20)19-12(14(21)22-2)8-10-6-4-5-7-11(10)15(16,17)18/h4-7,12H,3,8-9H2,1-2H3,(H,19,20)/t12-/m1/s1. The predicted octanol–water partition coefficient (Wildman–Crippen LogP) is 1.94. The number of ether oxygens (including phenoxy) is 2. The van der Waals surface area contributed by atoms with Gasteiger partial charge in [0.05, 0.1) is 12.7 Å². The summed E-state index contributed by atoms with van der Waals surface area (Å²) in [5.74, 6) is -1.43. The quantitative estimate of drug-likeness (QED) is 0.775. The number of benzene rings is 1. The molecule has 0 bridgehead atoms. The molecule has 0 spiro atoms. The Bertz CT molecular complexity index is 546. The van der Waals surface area contributed by atoms with Crippen molar-refractivity contribution in [2.24, 2.45) is 0 Å². The van der Waals surface area contributed by atoms with Crippen molar-refractivity contribution in [2.45, 2.75) is 25.6 Å². The summed E-state index contributed by atoms with van der Waals surface area (Å²) >= 11 is 0. The Morgan fingerprint density at radius 3 is 2.48 bits per heavy atom. The van der Waals surface area contributed by atoms with Gasteiger partial charge in [0.25, 0.3) is 0 Å². The van der Waals surface area contributed by atoms with Crippen molar-refractivity contribution in [1.29, 1.82) is 0 Å². The topological polar surface area (TPSA) is 64.6 Å². The van der Waals surface area contributed by atoms with Crippen LogP contribution in [0.1, 0.15) is 18.1 Å². The van der Waals surface area contributed by atoms with E-state index >= 15 is 0 Å². The number of carbonyl (C=O) groups is 2. The molecule has 0 aliphatic heterocycles. The van der Waals surface area contributed by atoms with Crippen LogP contribution in [-0.4, -0.2) is 38.2 Å². The van der Waals surface area contributed by atoms with E-state index in [-0.39, 0.29) is 18.6 Å². The van der Waals surface area contributed by atoms with Crippen molar-refractivity contribution in [3.8, 4) is 0 Å². The summed E-state index contributed by atoms with van der Waals surface area (Å²) in [7, 11) is 1.10. The van der Waals surface area contributed by atoms with E-state index in [0.717, 1.165) is 13.2 Å². The fourth-order valence-electron chi connectivity index (χ4n) is 1.96. The molecule has 0 aromatic heterocycles. The molecule has 0 heterocycles. The number of hydrogen-bond acceptors (Lipinski definition) is 4. The van der Waals surface area contributed by atoms with Gasteiger partial charge in [-0.3, -0.25) is 4.79 Å². The number of rotatable bonds is 7. The minimum Gasteiger partial charge on any atom is -0.467 e. The van der Waals surface area contributed by atoms with Gasteiger partial charge in [-0.2, -0.15) is 13.2 Å². The molecule has 8 heteroatoms. The third-order valence-corrected chi connectivity index (χ3v) is 3.01. The Kier molecular flexibility index (Phi) is 7.02. The lowest BCUT2D eigenvalue weighted by molar-refractivity contribution is -0.146. The molecule has 0 aliphatic carbocycles. The van der Waals surface area contributed by atoms with Crippen LogP contribution in [-0.2, 0) is 31.7 Å². The number of alkyl halides is 3. The molecule has 23 heavy (non-hydrogen) atoms. The molecule has 1 amide bonds. The summed E-state index contributed by atoms with van der Waals surface area (Å²) in [6, 6.07) is 3.64. The fourth-order valence-corrected chi connectivity index (χ4v) is 1.96. The van der Waals surface area contributed by atoms with E-state index in [1.165, 1.54) is 18.2 Å². The van der Waals surface area contributed by atoms with Crippen LogP contribution in [0.4, 0.5) is 13.2 Å². The molecule has 0 unspecified atom stereocenters. The van der Waals surface area contributed by atoms with Crippen molar-refractivity contribution < 1.29 is 32.2 Å². The van der Waals surface area contributed by atoms with Crippen molar-refractivity contribution in [3.05, 3.63) is 35.4 Å². The Morgan fingerprint density at radius 2 is 1.91 bits per heavy atom. The number of nitrogens with one attached hydrogen (secondary N) is 1. The van der Waals surface area contributed by atoms with Gasteiger partial charge in [-0.15, -0.1) is 0 Å². The van der Waals surface area contributed by atoms with Crippen molar-refractivity contribution in [2.75, 3.05) is 20.3 Å². The predicted molar refractivity (Wildman–Crippen MR) is 75.6 cm³/mol. The van der Waals surface area contributed by atoms with Gasteiger partial charge in [-0.25, -0.2) is 4.79 Å². The largest absolute Gasteiger partial charge is 0.467 e. The second-order valence-electron chi connectivity index (χ2n) is 4.64. The molecule has 1 aromatic carbocycles. The highest BCUT2D eigenvalue weighted by Gasteiger charge is 2.34. The molecule has 0 aliphatic rings. The molecule has 1 aromatic rings. The normalized spacial score (nSPS) is 12.6. The van der Waals surface area contributed by atoms with Crippen LogP contribution in [0.3, 0.4) is 0 Å². The van der Waals surface area contributed by atoms with Crippen LogP contribution in [0, 0.1) is 0 Å². The van der Waals surface area contributed by atoms with E-state index in [1.54, 1.807) is 6.92 Å². The number of amides is 1. The first-order valence-corrected chi connectivity index (χ1v) is 6.89. The molecule has 1 N–H and O–H groups in total. The van der Waals surface area contributed by atoms with E-state index in [2.05, 4.69) is 10.1 Å². The highest BCUT2D eigenvalue weighted by Crippen LogP contribution is 2.32. The number of esters is 1. The van der Waals surface area contributed by atoms with Gasteiger partial charge in [0.15, 0.2) is 0 Å². The molecule has 128 valence electrons. The first-order valence-electron chi connectivity index (χ1n) is 6.89. The zero-order chi connectivity index (χ0) is 17.5. The molecule has 1 atom stereocenters. The monoisotopic (exact) mass is 333 g/mol. The van der Waals surface area contributed by atoms with Gasteiger partial charge in [0.2, 0.25) is 5.91 Å². The molecular formula is C15H18F3NO4. The molecule has 0 saturated carbocycles. The third kappa shape index (κ3) is 5.90. The second kappa shape index (κ2) is 8.52. The van der Waals surface area contributed by atoms with Gasteiger partial charge >= 0.3 is 12.1 Å². The van der Waals surface area contributed by atoms with Crippen LogP contribution < -0.4 is 5.32 Å². The zero-order valence-corrected chi connectivity index (χ0v) is 12.8. The second-order valence-corrected chi connectivity index (χ2v) is 4.64. The highest BCUT2D eigenvalue weighted by molar-refractivity contribution is 5.85. The van der Waals surface area contributed by atoms with Crippen LogP contribution in [0.15, 0.2) is 24.3 Å². The van der Waals surface area contributed by atoms with Crippen LogP contribution >= 0.6 is 0 Å². The fraction of sp³-hybridized carbons (Fsp3) is 0.467. The third-order valence-electron chi connectivity index (χ3n) is 3.01. The summed E-state index contributed by atoms with van der Waals surface area (Å²) in [5, 5.41) is 2.32. The van der Waals surface area contributed by atoms with Gasteiger partial charge in [0.1, 0.15) is 12.6 Å². The lowest BCUT2D eigenvalue weighted by Crippen LogP contribution is -2.44. The van der Waals surface area contributed by atoms with E-state index in [4.69, 9.17) is 4.74 Å². The maximum Gasteiger partial charge on any atom is 0.416 e. The summed E-state index contributed by atoms with van der Waals surface area (Å²) in [6.07, 6.45) is -4.88. The Balaban J connectivity index is 2.94. The SMILES string of the molecule is CCOCC(=O)N[C@H](Cc1ccccc1C(F)(F)F)C(=O)OC. The minimum atomic E-state index is -4.55. The lowest BCUT2D eigenvalue weighted by Gasteiger charge is -2.19. The van der Waals surface area contributed by atoms with Crippen LogP contribution in [0.2, 0.25) is 0 Å². The molecule has 5 nitrogen and oxygen atoms in total.